The Labute approximate surface area is 93.0 Å². The van der Waals surface area contributed by atoms with Gasteiger partial charge in [-0.25, -0.2) is 0 Å². The number of rotatable bonds is 3. The molecule has 0 unspecified atom stereocenters. The van der Waals surface area contributed by atoms with Gasteiger partial charge in [0.25, 0.3) is 0 Å². The third-order valence-electron chi connectivity index (χ3n) is 1.89. The summed E-state index contributed by atoms with van der Waals surface area (Å²) in [5.74, 6) is 0.798. The zero-order valence-corrected chi connectivity index (χ0v) is 10.3. The molecular formula is C11H15BrO2. The first-order valence-electron chi connectivity index (χ1n) is 4.48. The average Bonchev–Trinajstić information content (AvgIpc) is 2.06. The van der Waals surface area contributed by atoms with Crippen molar-refractivity contribution in [2.75, 3.05) is 7.11 Å². The summed E-state index contributed by atoms with van der Waals surface area (Å²) in [6.45, 7) is 3.58. The molecule has 0 aromatic heterocycles. The Kier molecular flexibility index (Phi) is 3.56. The molecule has 0 aliphatic heterocycles. The molecule has 0 aliphatic carbocycles. The van der Waals surface area contributed by atoms with Crippen LogP contribution >= 0.6 is 15.9 Å². The number of hydrogen-bond donors (Lipinski definition) is 1. The van der Waals surface area contributed by atoms with Gasteiger partial charge in [0.2, 0.25) is 0 Å². The normalized spacial score (nSPS) is 11.5. The van der Waals surface area contributed by atoms with E-state index in [4.69, 9.17) is 4.74 Å². The van der Waals surface area contributed by atoms with Gasteiger partial charge in [0.05, 0.1) is 17.2 Å². The monoisotopic (exact) mass is 258 g/mol. The van der Waals surface area contributed by atoms with Crippen LogP contribution in [0.5, 0.6) is 5.75 Å². The predicted molar refractivity (Wildman–Crippen MR) is 60.7 cm³/mol. The van der Waals surface area contributed by atoms with Crippen molar-refractivity contribution in [3.05, 3.63) is 28.2 Å². The van der Waals surface area contributed by atoms with Crippen LogP contribution in [0.25, 0.3) is 0 Å². The number of hydrogen-bond acceptors (Lipinski definition) is 2. The van der Waals surface area contributed by atoms with Crippen molar-refractivity contribution in [3.63, 3.8) is 0 Å². The fraction of sp³-hybridized carbons (Fsp3) is 0.455. The maximum Gasteiger partial charge on any atom is 0.133 e. The Morgan fingerprint density at radius 2 is 2.07 bits per heavy atom. The van der Waals surface area contributed by atoms with E-state index < -0.39 is 5.60 Å². The van der Waals surface area contributed by atoms with Gasteiger partial charge in [-0.1, -0.05) is 12.1 Å². The van der Waals surface area contributed by atoms with Gasteiger partial charge in [-0.15, -0.1) is 0 Å². The summed E-state index contributed by atoms with van der Waals surface area (Å²) < 4.78 is 6.09. The molecule has 0 spiro atoms. The molecule has 0 amide bonds. The van der Waals surface area contributed by atoms with Crippen molar-refractivity contribution in [2.24, 2.45) is 0 Å². The van der Waals surface area contributed by atoms with Crippen molar-refractivity contribution in [1.29, 1.82) is 0 Å². The van der Waals surface area contributed by atoms with E-state index >= 15 is 0 Å². The molecule has 0 atom stereocenters. The van der Waals surface area contributed by atoms with Crippen LogP contribution in [0.3, 0.4) is 0 Å². The second kappa shape index (κ2) is 4.32. The van der Waals surface area contributed by atoms with E-state index in [1.54, 1.807) is 21.0 Å². The molecule has 0 radical (unpaired) electrons. The second-order valence-electron chi connectivity index (χ2n) is 3.92. The highest BCUT2D eigenvalue weighted by Gasteiger charge is 2.16. The minimum absolute atomic E-state index is 0.602. The van der Waals surface area contributed by atoms with E-state index in [9.17, 15) is 5.11 Å². The lowest BCUT2D eigenvalue weighted by molar-refractivity contribution is 0.0808. The Morgan fingerprint density at radius 1 is 1.43 bits per heavy atom. The first kappa shape index (κ1) is 11.5. The number of methoxy groups -OCH3 is 1. The third-order valence-corrected chi connectivity index (χ3v) is 2.79. The summed E-state index contributed by atoms with van der Waals surface area (Å²) in [6, 6.07) is 5.78. The smallest absolute Gasteiger partial charge is 0.133 e. The van der Waals surface area contributed by atoms with Gasteiger partial charge in [-0.2, -0.15) is 0 Å². The highest BCUT2D eigenvalue weighted by molar-refractivity contribution is 9.10. The zero-order chi connectivity index (χ0) is 10.8. The van der Waals surface area contributed by atoms with Gasteiger partial charge in [0, 0.05) is 6.42 Å². The Hall–Kier alpha value is -0.540. The van der Waals surface area contributed by atoms with Crippen LogP contribution in [0, 0.1) is 0 Å². The topological polar surface area (TPSA) is 29.5 Å². The summed E-state index contributed by atoms with van der Waals surface area (Å²) in [7, 11) is 1.63. The van der Waals surface area contributed by atoms with Crippen LogP contribution in [0.1, 0.15) is 19.4 Å². The lowest BCUT2D eigenvalue weighted by atomic mass is 9.99. The van der Waals surface area contributed by atoms with Gasteiger partial charge >= 0.3 is 0 Å². The molecule has 3 heteroatoms. The molecule has 1 aromatic carbocycles. The Balaban J connectivity index is 2.98. The minimum Gasteiger partial charge on any atom is -0.496 e. The standard InChI is InChI=1S/C11H15BrO2/c1-11(2,13)7-8-5-4-6-9(14-3)10(8)12/h4-6,13H,7H2,1-3H3. The maximum atomic E-state index is 9.70. The van der Waals surface area contributed by atoms with E-state index in [1.807, 2.05) is 18.2 Å². The highest BCUT2D eigenvalue weighted by Crippen LogP contribution is 2.30. The molecule has 0 saturated heterocycles. The fourth-order valence-corrected chi connectivity index (χ4v) is 1.88. The number of halogens is 1. The summed E-state index contributed by atoms with van der Waals surface area (Å²) in [4.78, 5) is 0. The molecular weight excluding hydrogens is 244 g/mol. The Morgan fingerprint density at radius 3 is 2.57 bits per heavy atom. The molecule has 1 N–H and O–H groups in total. The van der Waals surface area contributed by atoms with Gasteiger partial charge in [0.1, 0.15) is 5.75 Å². The van der Waals surface area contributed by atoms with Crippen LogP contribution in [0.15, 0.2) is 22.7 Å². The van der Waals surface area contributed by atoms with E-state index in [0.29, 0.717) is 6.42 Å². The minimum atomic E-state index is -0.700. The van der Waals surface area contributed by atoms with E-state index in [2.05, 4.69) is 15.9 Å². The maximum absolute atomic E-state index is 9.70. The zero-order valence-electron chi connectivity index (χ0n) is 8.67. The van der Waals surface area contributed by atoms with E-state index in [1.165, 1.54) is 0 Å². The average molecular weight is 259 g/mol. The van der Waals surface area contributed by atoms with Crippen molar-refractivity contribution in [2.45, 2.75) is 25.9 Å². The van der Waals surface area contributed by atoms with Crippen molar-refractivity contribution in [3.8, 4) is 5.75 Å². The number of ether oxygens (including phenoxy) is 1. The molecule has 0 fully saturated rings. The molecule has 78 valence electrons. The second-order valence-corrected chi connectivity index (χ2v) is 4.72. The van der Waals surface area contributed by atoms with Gasteiger partial charge in [0.15, 0.2) is 0 Å². The quantitative estimate of drug-likeness (QED) is 0.904. The molecule has 0 aliphatic rings. The van der Waals surface area contributed by atoms with Crippen molar-refractivity contribution in [1.82, 2.24) is 0 Å². The number of benzene rings is 1. The molecule has 14 heavy (non-hydrogen) atoms. The third kappa shape index (κ3) is 3.00. The molecule has 0 saturated carbocycles. The van der Waals surface area contributed by atoms with Gasteiger partial charge in [-0.05, 0) is 41.4 Å². The highest BCUT2D eigenvalue weighted by atomic mass is 79.9. The largest absolute Gasteiger partial charge is 0.496 e. The molecule has 0 bridgehead atoms. The van der Waals surface area contributed by atoms with Crippen LogP contribution in [-0.2, 0) is 6.42 Å². The summed E-state index contributed by atoms with van der Waals surface area (Å²) in [5.41, 5.74) is 0.353. The molecule has 1 aromatic rings. The van der Waals surface area contributed by atoms with Crippen LogP contribution in [-0.4, -0.2) is 17.8 Å². The van der Waals surface area contributed by atoms with E-state index in [0.717, 1.165) is 15.8 Å². The lowest BCUT2D eigenvalue weighted by Gasteiger charge is -2.18. The van der Waals surface area contributed by atoms with Crippen LogP contribution in [0.4, 0.5) is 0 Å². The summed E-state index contributed by atoms with van der Waals surface area (Å²) >= 11 is 3.46. The van der Waals surface area contributed by atoms with Crippen molar-refractivity contribution >= 4 is 15.9 Å². The summed E-state index contributed by atoms with van der Waals surface area (Å²) in [6.07, 6.45) is 0.602. The predicted octanol–water partition coefficient (Wildman–Crippen LogP) is 2.77. The lowest BCUT2D eigenvalue weighted by Crippen LogP contribution is -2.22. The van der Waals surface area contributed by atoms with Crippen molar-refractivity contribution < 1.29 is 9.84 Å². The van der Waals surface area contributed by atoms with Crippen LogP contribution in [0.2, 0.25) is 0 Å². The first-order valence-corrected chi connectivity index (χ1v) is 5.27. The van der Waals surface area contributed by atoms with Gasteiger partial charge in [-0.3, -0.25) is 0 Å². The SMILES string of the molecule is COc1cccc(CC(C)(C)O)c1Br. The summed E-state index contributed by atoms with van der Waals surface area (Å²) in [5, 5.41) is 9.70. The Bertz CT molecular complexity index is 316. The van der Waals surface area contributed by atoms with Crippen LogP contribution < -0.4 is 4.74 Å². The molecule has 2 nitrogen and oxygen atoms in total. The van der Waals surface area contributed by atoms with Gasteiger partial charge < -0.3 is 9.84 Å². The fourth-order valence-electron chi connectivity index (χ4n) is 1.32. The molecule has 0 heterocycles. The molecule has 1 rings (SSSR count). The first-order chi connectivity index (χ1) is 6.44. The number of aliphatic hydroxyl groups is 1. The van der Waals surface area contributed by atoms with E-state index in [-0.39, 0.29) is 0 Å².